The van der Waals surface area contributed by atoms with Crippen LogP contribution in [0.25, 0.3) is 16.0 Å². The third-order valence-corrected chi connectivity index (χ3v) is 7.56. The van der Waals surface area contributed by atoms with E-state index >= 15 is 0 Å². The van der Waals surface area contributed by atoms with E-state index in [1.807, 2.05) is 92.0 Å². The molecular formula is C34H33N3O3S. The van der Waals surface area contributed by atoms with Crippen molar-refractivity contribution in [2.45, 2.75) is 32.5 Å². The van der Waals surface area contributed by atoms with Gasteiger partial charge in [-0.2, -0.15) is 11.8 Å². The number of hydrogen-bond acceptors (Lipinski definition) is 4. The van der Waals surface area contributed by atoms with Crippen molar-refractivity contribution < 1.29 is 14.7 Å². The smallest absolute Gasteiger partial charge is 0.326 e. The van der Waals surface area contributed by atoms with Gasteiger partial charge in [-0.3, -0.25) is 4.79 Å². The second-order valence-corrected chi connectivity index (χ2v) is 10.8. The van der Waals surface area contributed by atoms with Crippen molar-refractivity contribution in [2.75, 3.05) is 16.9 Å². The van der Waals surface area contributed by atoms with Crippen LogP contribution in [0.4, 0.5) is 11.4 Å². The highest BCUT2D eigenvalue weighted by Gasteiger charge is 2.23. The maximum absolute atomic E-state index is 13.5. The highest BCUT2D eigenvalue weighted by Crippen LogP contribution is 2.30. The Morgan fingerprint density at radius 2 is 1.59 bits per heavy atom. The molecule has 0 aromatic heterocycles. The van der Waals surface area contributed by atoms with E-state index in [4.69, 9.17) is 6.57 Å². The number of nitrogens with zero attached hydrogens (tertiary/aromatic N) is 2. The Morgan fingerprint density at radius 1 is 0.902 bits per heavy atom. The molecule has 1 amide bonds. The van der Waals surface area contributed by atoms with Crippen molar-refractivity contribution in [1.29, 1.82) is 0 Å². The Hall–Kier alpha value is -4.54. The lowest BCUT2D eigenvalue weighted by atomic mass is 9.93. The molecule has 0 aliphatic heterocycles. The van der Waals surface area contributed by atoms with Gasteiger partial charge in [0.15, 0.2) is 5.69 Å². The summed E-state index contributed by atoms with van der Waals surface area (Å²) in [4.78, 5) is 31.1. The first kappa shape index (κ1) is 29.4. The van der Waals surface area contributed by atoms with E-state index in [1.54, 1.807) is 17.8 Å². The van der Waals surface area contributed by atoms with Crippen LogP contribution in [0.5, 0.6) is 0 Å². The molecule has 0 aliphatic rings. The predicted octanol–water partition coefficient (Wildman–Crippen LogP) is 7.36. The van der Waals surface area contributed by atoms with Crippen LogP contribution < -0.4 is 10.2 Å². The summed E-state index contributed by atoms with van der Waals surface area (Å²) in [5.74, 6) is -0.809. The lowest BCUT2D eigenvalue weighted by Gasteiger charge is -2.26. The molecule has 0 radical (unpaired) electrons. The lowest BCUT2D eigenvalue weighted by molar-refractivity contribution is -0.139. The fourth-order valence-corrected chi connectivity index (χ4v) is 5.19. The van der Waals surface area contributed by atoms with E-state index in [0.717, 1.165) is 33.5 Å². The van der Waals surface area contributed by atoms with Crippen LogP contribution in [-0.4, -0.2) is 35.0 Å². The topological polar surface area (TPSA) is 74.0 Å². The number of thioether (sulfide) groups is 1. The number of nitrogens with one attached hydrogen (secondary N) is 1. The first-order valence-corrected chi connectivity index (χ1v) is 14.8. The molecule has 6 nitrogen and oxygen atoms in total. The molecule has 4 aromatic carbocycles. The van der Waals surface area contributed by atoms with Gasteiger partial charge >= 0.3 is 5.97 Å². The third-order valence-electron chi connectivity index (χ3n) is 6.91. The lowest BCUT2D eigenvalue weighted by Crippen LogP contribution is -2.41. The van der Waals surface area contributed by atoms with Gasteiger partial charge in [0, 0.05) is 24.3 Å². The normalized spacial score (nSPS) is 11.3. The molecule has 4 rings (SSSR count). The minimum atomic E-state index is -1.04. The molecular weight excluding hydrogens is 530 g/mol. The Bertz CT molecular complexity index is 1530. The number of aryl methyl sites for hydroxylation is 1. The molecule has 0 spiro atoms. The Morgan fingerprint density at radius 3 is 2.24 bits per heavy atom. The number of amides is 1. The summed E-state index contributed by atoms with van der Waals surface area (Å²) in [7, 11) is 0. The molecule has 208 valence electrons. The monoisotopic (exact) mass is 563 g/mol. The van der Waals surface area contributed by atoms with Gasteiger partial charge in [0.2, 0.25) is 0 Å². The van der Waals surface area contributed by atoms with E-state index in [2.05, 4.69) is 27.2 Å². The van der Waals surface area contributed by atoms with E-state index in [-0.39, 0.29) is 0 Å². The summed E-state index contributed by atoms with van der Waals surface area (Å²) in [5.41, 5.74) is 6.87. The fraction of sp³-hybridized carbons (Fsp3) is 0.206. The summed E-state index contributed by atoms with van der Waals surface area (Å²) in [6.07, 6.45) is 2.26. The van der Waals surface area contributed by atoms with Gasteiger partial charge in [-0.05, 0) is 77.4 Å². The maximum atomic E-state index is 13.5. The quantitative estimate of drug-likeness (QED) is 0.176. The predicted molar refractivity (Wildman–Crippen MR) is 168 cm³/mol. The zero-order valence-corrected chi connectivity index (χ0v) is 24.0. The van der Waals surface area contributed by atoms with Crippen molar-refractivity contribution in [1.82, 2.24) is 5.32 Å². The molecule has 0 bridgehead atoms. The van der Waals surface area contributed by atoms with Crippen LogP contribution in [0.15, 0.2) is 97.1 Å². The van der Waals surface area contributed by atoms with E-state index in [1.165, 1.54) is 0 Å². The minimum absolute atomic E-state index is 0.348. The zero-order chi connectivity index (χ0) is 29.2. The van der Waals surface area contributed by atoms with Gasteiger partial charge in [-0.1, -0.05) is 72.8 Å². The fourth-order valence-electron chi connectivity index (χ4n) is 4.72. The van der Waals surface area contributed by atoms with Crippen LogP contribution >= 0.6 is 11.8 Å². The van der Waals surface area contributed by atoms with Gasteiger partial charge < -0.3 is 15.3 Å². The molecule has 0 fully saturated rings. The zero-order valence-electron chi connectivity index (χ0n) is 23.2. The second-order valence-electron chi connectivity index (χ2n) is 9.81. The van der Waals surface area contributed by atoms with Crippen LogP contribution in [-0.2, 0) is 17.9 Å². The minimum Gasteiger partial charge on any atom is -0.480 e. The van der Waals surface area contributed by atoms with Crippen molar-refractivity contribution in [3.05, 3.63) is 131 Å². The Labute approximate surface area is 245 Å². The first-order chi connectivity index (χ1) is 19.9. The largest absolute Gasteiger partial charge is 0.480 e. The number of carboxylic acids is 1. The second kappa shape index (κ2) is 14.2. The van der Waals surface area contributed by atoms with E-state index in [0.29, 0.717) is 36.5 Å². The van der Waals surface area contributed by atoms with Crippen molar-refractivity contribution >= 4 is 35.0 Å². The van der Waals surface area contributed by atoms with Crippen LogP contribution in [0, 0.1) is 13.5 Å². The third kappa shape index (κ3) is 7.77. The summed E-state index contributed by atoms with van der Waals surface area (Å²) >= 11 is 1.55. The summed E-state index contributed by atoms with van der Waals surface area (Å²) < 4.78 is 0. The van der Waals surface area contributed by atoms with Crippen molar-refractivity contribution in [2.24, 2.45) is 0 Å². The number of anilines is 1. The van der Waals surface area contributed by atoms with Crippen LogP contribution in [0.1, 0.15) is 33.5 Å². The standard InChI is InChI=1S/C34H33N3O3S/c1-24-9-7-8-12-29(24)31-21-26(13-18-30(31)33(38)36-32(34(39)40)19-20-41-3)23-37(22-25-10-5-4-6-11-25)28-16-14-27(35-2)15-17-28/h4-18,21,32H,19-20,22-23H2,1,3H3,(H,36,38)(H,39,40)/t32-/m0/s1. The molecule has 0 heterocycles. The number of carboxylic acid groups (broad SMARTS) is 1. The number of aliphatic carboxylic acids is 1. The molecule has 0 unspecified atom stereocenters. The summed E-state index contributed by atoms with van der Waals surface area (Å²) in [6, 6.07) is 30.4. The first-order valence-electron chi connectivity index (χ1n) is 13.4. The number of benzene rings is 4. The highest BCUT2D eigenvalue weighted by atomic mass is 32.2. The molecule has 0 saturated carbocycles. The Kier molecular flexibility index (Phi) is 10.2. The van der Waals surface area contributed by atoms with Crippen molar-refractivity contribution in [3.63, 3.8) is 0 Å². The maximum Gasteiger partial charge on any atom is 0.326 e. The molecule has 4 aromatic rings. The number of carbonyl (C=O) groups is 2. The van der Waals surface area contributed by atoms with E-state index < -0.39 is 17.9 Å². The highest BCUT2D eigenvalue weighted by molar-refractivity contribution is 7.98. The summed E-state index contributed by atoms with van der Waals surface area (Å²) in [6.45, 7) is 10.5. The molecule has 1 atom stereocenters. The van der Waals surface area contributed by atoms with Gasteiger partial charge in [-0.15, -0.1) is 0 Å². The van der Waals surface area contributed by atoms with Gasteiger partial charge in [0.05, 0.1) is 6.57 Å². The number of carbonyl (C=O) groups excluding carboxylic acids is 1. The molecule has 0 saturated heterocycles. The molecule has 2 N–H and O–H groups in total. The average molecular weight is 564 g/mol. The SMILES string of the molecule is [C-]#[N+]c1ccc(N(Cc2ccccc2)Cc2ccc(C(=O)N[C@@H](CCSC)C(=O)O)c(-c3ccccc3C)c2)cc1. The van der Waals surface area contributed by atoms with Gasteiger partial charge in [-0.25, -0.2) is 9.64 Å². The Balaban J connectivity index is 1.72. The van der Waals surface area contributed by atoms with E-state index in [9.17, 15) is 14.7 Å². The van der Waals surface area contributed by atoms with Crippen LogP contribution in [0.3, 0.4) is 0 Å². The van der Waals surface area contributed by atoms with Gasteiger partial charge in [0.1, 0.15) is 6.04 Å². The number of hydrogen-bond donors (Lipinski definition) is 2. The average Bonchev–Trinajstić information content (AvgIpc) is 2.99. The van der Waals surface area contributed by atoms with Crippen molar-refractivity contribution in [3.8, 4) is 11.1 Å². The number of rotatable bonds is 12. The molecule has 41 heavy (non-hydrogen) atoms. The molecule has 7 heteroatoms. The van der Waals surface area contributed by atoms with Crippen LogP contribution in [0.2, 0.25) is 0 Å². The van der Waals surface area contributed by atoms with Gasteiger partial charge in [0.25, 0.3) is 5.91 Å². The summed E-state index contributed by atoms with van der Waals surface area (Å²) in [5, 5.41) is 12.4. The molecule has 0 aliphatic carbocycles.